The summed E-state index contributed by atoms with van der Waals surface area (Å²) in [7, 11) is 1.39. The van der Waals surface area contributed by atoms with Crippen molar-refractivity contribution < 1.29 is 19.1 Å². The number of aromatic nitrogens is 3. The van der Waals surface area contributed by atoms with Gasteiger partial charge in [0.05, 0.1) is 18.7 Å². The Balaban J connectivity index is 1.35. The molecule has 0 unspecified atom stereocenters. The molecule has 9 nitrogen and oxygen atoms in total. The van der Waals surface area contributed by atoms with Crippen molar-refractivity contribution in [2.24, 2.45) is 5.92 Å². The van der Waals surface area contributed by atoms with Gasteiger partial charge >= 0.3 is 5.97 Å². The Morgan fingerprint density at radius 3 is 2.62 bits per heavy atom. The SMILES string of the molecule is COC(=O)c1ccc(CN2CCc3nnc([C@@H](C)NC(=O)C4CCOCC4)n3CC2)cc1. The zero-order valence-electron chi connectivity index (χ0n) is 18.7. The van der Waals surface area contributed by atoms with Crippen molar-refractivity contribution in [3.8, 4) is 0 Å². The Hall–Kier alpha value is -2.78. The molecule has 0 aliphatic carbocycles. The first-order valence-electron chi connectivity index (χ1n) is 11.2. The fraction of sp³-hybridized carbons (Fsp3) is 0.565. The first-order chi connectivity index (χ1) is 15.5. The minimum atomic E-state index is -0.324. The van der Waals surface area contributed by atoms with Gasteiger partial charge in [0, 0.05) is 51.7 Å². The number of hydrogen-bond donors (Lipinski definition) is 1. The molecular formula is C23H31N5O4. The molecule has 1 atom stereocenters. The summed E-state index contributed by atoms with van der Waals surface area (Å²) < 4.78 is 12.3. The zero-order valence-corrected chi connectivity index (χ0v) is 18.7. The predicted molar refractivity (Wildman–Crippen MR) is 117 cm³/mol. The third kappa shape index (κ3) is 5.16. The molecule has 32 heavy (non-hydrogen) atoms. The maximum atomic E-state index is 12.6. The van der Waals surface area contributed by atoms with E-state index in [1.165, 1.54) is 7.11 Å². The van der Waals surface area contributed by atoms with Gasteiger partial charge in [-0.05, 0) is 37.5 Å². The van der Waals surface area contributed by atoms with Gasteiger partial charge in [-0.1, -0.05) is 12.1 Å². The van der Waals surface area contributed by atoms with Crippen LogP contribution >= 0.6 is 0 Å². The van der Waals surface area contributed by atoms with Crippen molar-refractivity contribution in [1.29, 1.82) is 0 Å². The fourth-order valence-electron chi connectivity index (χ4n) is 4.35. The third-order valence-corrected chi connectivity index (χ3v) is 6.27. The maximum absolute atomic E-state index is 12.6. The zero-order chi connectivity index (χ0) is 22.5. The van der Waals surface area contributed by atoms with E-state index in [2.05, 4.69) is 25.0 Å². The minimum Gasteiger partial charge on any atom is -0.465 e. The van der Waals surface area contributed by atoms with E-state index >= 15 is 0 Å². The van der Waals surface area contributed by atoms with Crippen LogP contribution in [0.15, 0.2) is 24.3 Å². The predicted octanol–water partition coefficient (Wildman–Crippen LogP) is 1.73. The van der Waals surface area contributed by atoms with E-state index in [0.29, 0.717) is 18.8 Å². The second-order valence-electron chi connectivity index (χ2n) is 8.46. The molecule has 0 spiro atoms. The highest BCUT2D eigenvalue weighted by Crippen LogP contribution is 2.20. The summed E-state index contributed by atoms with van der Waals surface area (Å²) in [6, 6.07) is 7.35. The van der Waals surface area contributed by atoms with Gasteiger partial charge in [0.1, 0.15) is 5.82 Å². The molecule has 0 radical (unpaired) electrons. The van der Waals surface area contributed by atoms with E-state index in [1.54, 1.807) is 12.1 Å². The molecule has 9 heteroatoms. The van der Waals surface area contributed by atoms with Gasteiger partial charge in [0.25, 0.3) is 0 Å². The second-order valence-corrected chi connectivity index (χ2v) is 8.46. The van der Waals surface area contributed by atoms with Gasteiger partial charge in [-0.25, -0.2) is 4.79 Å². The van der Waals surface area contributed by atoms with Gasteiger partial charge in [0.15, 0.2) is 5.82 Å². The number of methoxy groups -OCH3 is 1. The van der Waals surface area contributed by atoms with Gasteiger partial charge < -0.3 is 19.4 Å². The Labute approximate surface area is 188 Å². The number of ether oxygens (including phenoxy) is 2. The Morgan fingerprint density at radius 1 is 1.16 bits per heavy atom. The smallest absolute Gasteiger partial charge is 0.337 e. The van der Waals surface area contributed by atoms with Crippen molar-refractivity contribution in [2.75, 3.05) is 33.4 Å². The number of carbonyl (C=O) groups is 2. The highest BCUT2D eigenvalue weighted by Gasteiger charge is 2.26. The molecule has 0 saturated carbocycles. The number of esters is 1. The van der Waals surface area contributed by atoms with E-state index in [4.69, 9.17) is 9.47 Å². The lowest BCUT2D eigenvalue weighted by molar-refractivity contribution is -0.128. The quantitative estimate of drug-likeness (QED) is 0.682. The Kier molecular flexibility index (Phi) is 7.16. The lowest BCUT2D eigenvalue weighted by Crippen LogP contribution is -2.36. The number of nitrogens with zero attached hydrogens (tertiary/aromatic N) is 4. The number of hydrogen-bond acceptors (Lipinski definition) is 7. The van der Waals surface area contributed by atoms with Crippen LogP contribution in [0.2, 0.25) is 0 Å². The number of amides is 1. The summed E-state index contributed by atoms with van der Waals surface area (Å²) in [6.07, 6.45) is 2.34. The molecule has 0 bridgehead atoms. The van der Waals surface area contributed by atoms with Crippen LogP contribution in [0.25, 0.3) is 0 Å². The molecule has 2 aliphatic rings. The number of carbonyl (C=O) groups excluding carboxylic acids is 2. The molecule has 1 aromatic carbocycles. The largest absolute Gasteiger partial charge is 0.465 e. The average molecular weight is 442 g/mol. The van der Waals surface area contributed by atoms with Crippen molar-refractivity contribution >= 4 is 11.9 Å². The van der Waals surface area contributed by atoms with Crippen molar-refractivity contribution in [3.05, 3.63) is 47.0 Å². The summed E-state index contributed by atoms with van der Waals surface area (Å²) >= 11 is 0. The van der Waals surface area contributed by atoms with Crippen LogP contribution in [0, 0.1) is 5.92 Å². The van der Waals surface area contributed by atoms with Crippen molar-refractivity contribution in [3.63, 3.8) is 0 Å². The lowest BCUT2D eigenvalue weighted by atomic mass is 9.99. The molecule has 1 amide bonds. The Bertz CT molecular complexity index is 936. The molecule has 1 saturated heterocycles. The number of fused-ring (bicyclic) bond motifs is 1. The summed E-state index contributed by atoms with van der Waals surface area (Å²) in [4.78, 5) is 26.6. The van der Waals surface area contributed by atoms with E-state index < -0.39 is 0 Å². The highest BCUT2D eigenvalue weighted by atomic mass is 16.5. The Morgan fingerprint density at radius 2 is 1.91 bits per heavy atom. The van der Waals surface area contributed by atoms with Gasteiger partial charge in [0.2, 0.25) is 5.91 Å². The monoisotopic (exact) mass is 441 g/mol. The summed E-state index contributed by atoms with van der Waals surface area (Å²) in [5.41, 5.74) is 1.70. The van der Waals surface area contributed by atoms with Crippen LogP contribution in [0.1, 0.15) is 53.4 Å². The molecule has 4 rings (SSSR count). The van der Waals surface area contributed by atoms with Crippen LogP contribution in [-0.2, 0) is 33.8 Å². The number of rotatable bonds is 6. The first-order valence-corrected chi connectivity index (χ1v) is 11.2. The molecule has 172 valence electrons. The van der Waals surface area contributed by atoms with E-state index in [0.717, 1.165) is 62.7 Å². The van der Waals surface area contributed by atoms with E-state index in [-0.39, 0.29) is 23.8 Å². The number of benzene rings is 1. The fourth-order valence-corrected chi connectivity index (χ4v) is 4.35. The topological polar surface area (TPSA) is 98.6 Å². The molecule has 1 fully saturated rings. The molecular weight excluding hydrogens is 410 g/mol. The van der Waals surface area contributed by atoms with Crippen LogP contribution in [0.5, 0.6) is 0 Å². The summed E-state index contributed by atoms with van der Waals surface area (Å²) in [6.45, 7) is 6.57. The third-order valence-electron chi connectivity index (χ3n) is 6.27. The highest BCUT2D eigenvalue weighted by molar-refractivity contribution is 5.89. The van der Waals surface area contributed by atoms with Gasteiger partial charge in [-0.2, -0.15) is 0 Å². The standard InChI is InChI=1S/C23H31N5O4/c1-16(24-22(29)18-8-13-32-14-9-18)21-26-25-20-7-10-27(11-12-28(20)21)15-17-3-5-19(6-4-17)23(30)31-2/h3-6,16,18H,7-15H2,1-2H3,(H,24,29)/t16-/m1/s1. The van der Waals surface area contributed by atoms with Gasteiger partial charge in [-0.15, -0.1) is 10.2 Å². The van der Waals surface area contributed by atoms with Crippen LogP contribution in [0.3, 0.4) is 0 Å². The maximum Gasteiger partial charge on any atom is 0.337 e. The van der Waals surface area contributed by atoms with E-state index in [1.807, 2.05) is 19.1 Å². The van der Waals surface area contributed by atoms with Crippen molar-refractivity contribution in [1.82, 2.24) is 25.0 Å². The normalized spacial score (nSPS) is 18.4. The molecule has 1 aromatic heterocycles. The number of nitrogens with one attached hydrogen (secondary N) is 1. The summed E-state index contributed by atoms with van der Waals surface area (Å²) in [5.74, 6) is 1.53. The molecule has 3 heterocycles. The van der Waals surface area contributed by atoms with Crippen LogP contribution < -0.4 is 5.32 Å². The summed E-state index contributed by atoms with van der Waals surface area (Å²) in [5, 5.41) is 11.9. The van der Waals surface area contributed by atoms with Crippen LogP contribution in [0.4, 0.5) is 0 Å². The van der Waals surface area contributed by atoms with E-state index in [9.17, 15) is 9.59 Å². The van der Waals surface area contributed by atoms with Gasteiger partial charge in [-0.3, -0.25) is 9.69 Å². The molecule has 2 aliphatic heterocycles. The minimum absolute atomic E-state index is 0.0128. The molecule has 1 N–H and O–H groups in total. The lowest BCUT2D eigenvalue weighted by Gasteiger charge is -2.23. The van der Waals surface area contributed by atoms with Crippen molar-refractivity contribution in [2.45, 2.75) is 45.3 Å². The molecule has 2 aromatic rings. The van der Waals surface area contributed by atoms with Crippen LogP contribution in [-0.4, -0.2) is 65.0 Å². The average Bonchev–Trinajstić information content (AvgIpc) is 3.14. The second kappa shape index (κ2) is 10.2. The first kappa shape index (κ1) is 22.4.